The van der Waals surface area contributed by atoms with Gasteiger partial charge in [0.05, 0.1) is 5.69 Å². The average Bonchev–Trinajstić information content (AvgIpc) is 3.56. The van der Waals surface area contributed by atoms with Crippen LogP contribution in [0.15, 0.2) is 70.5 Å². The standard InChI is InChI=1S/C26H24N4S3/c1-4-30-24(22-16-31-18(3)23(22)19-11-6-5-7-12-19)28-29-26(30)33-15-20-14-32-25(27-20)21-13-9-8-10-17(21)2/h5-14,16H,4,15H2,1-3H3. The fraction of sp³-hybridized carbons (Fsp3) is 0.192. The minimum atomic E-state index is 0.773. The molecule has 33 heavy (non-hydrogen) atoms. The maximum atomic E-state index is 4.88. The lowest BCUT2D eigenvalue weighted by Crippen LogP contribution is -2.00. The van der Waals surface area contributed by atoms with Gasteiger partial charge in [-0.25, -0.2) is 4.98 Å². The second-order valence-corrected chi connectivity index (χ2v) is 10.6. The van der Waals surface area contributed by atoms with Gasteiger partial charge in [-0.1, -0.05) is 66.4 Å². The van der Waals surface area contributed by atoms with E-state index < -0.39 is 0 Å². The summed E-state index contributed by atoms with van der Waals surface area (Å²) >= 11 is 5.16. The third-order valence-electron chi connectivity index (χ3n) is 5.59. The SMILES string of the molecule is CCn1c(SCc2csc(-c3ccccc3C)n2)nnc1-c1csc(C)c1-c1ccccc1. The van der Waals surface area contributed by atoms with Crippen LogP contribution in [0.25, 0.3) is 33.1 Å². The van der Waals surface area contributed by atoms with Crippen molar-refractivity contribution in [1.29, 1.82) is 0 Å². The van der Waals surface area contributed by atoms with Crippen molar-refractivity contribution in [2.24, 2.45) is 0 Å². The molecule has 0 radical (unpaired) electrons. The van der Waals surface area contributed by atoms with Gasteiger partial charge in [-0.05, 0) is 31.9 Å². The van der Waals surface area contributed by atoms with Crippen molar-refractivity contribution in [1.82, 2.24) is 19.7 Å². The molecule has 7 heteroatoms. The van der Waals surface area contributed by atoms with Crippen LogP contribution in [0.5, 0.6) is 0 Å². The Kier molecular flexibility index (Phi) is 6.44. The number of rotatable bonds is 7. The van der Waals surface area contributed by atoms with E-state index in [1.165, 1.54) is 27.1 Å². The number of thiophene rings is 1. The van der Waals surface area contributed by atoms with Gasteiger partial charge in [0.1, 0.15) is 5.01 Å². The van der Waals surface area contributed by atoms with Crippen molar-refractivity contribution in [3.05, 3.63) is 81.5 Å². The van der Waals surface area contributed by atoms with E-state index in [9.17, 15) is 0 Å². The molecule has 3 heterocycles. The van der Waals surface area contributed by atoms with E-state index in [1.54, 1.807) is 34.4 Å². The van der Waals surface area contributed by atoms with Crippen molar-refractivity contribution in [3.63, 3.8) is 0 Å². The van der Waals surface area contributed by atoms with Crippen molar-refractivity contribution in [3.8, 4) is 33.1 Å². The predicted molar refractivity (Wildman–Crippen MR) is 141 cm³/mol. The first-order valence-corrected chi connectivity index (χ1v) is 13.6. The van der Waals surface area contributed by atoms with Crippen LogP contribution in [-0.4, -0.2) is 19.7 Å². The number of benzene rings is 2. The Morgan fingerprint density at radius 2 is 1.67 bits per heavy atom. The van der Waals surface area contributed by atoms with E-state index in [0.717, 1.165) is 39.5 Å². The van der Waals surface area contributed by atoms with Crippen LogP contribution in [-0.2, 0) is 12.3 Å². The molecule has 0 saturated carbocycles. The average molecular weight is 489 g/mol. The molecule has 0 N–H and O–H groups in total. The predicted octanol–water partition coefficient (Wildman–Crippen LogP) is 7.73. The summed E-state index contributed by atoms with van der Waals surface area (Å²) in [6.45, 7) is 7.27. The number of aromatic nitrogens is 4. The fourth-order valence-electron chi connectivity index (χ4n) is 3.91. The summed E-state index contributed by atoms with van der Waals surface area (Å²) in [7, 11) is 0. The molecule has 2 aromatic carbocycles. The summed E-state index contributed by atoms with van der Waals surface area (Å²) in [4.78, 5) is 6.17. The molecule has 3 aromatic heterocycles. The minimum absolute atomic E-state index is 0.773. The molecular formula is C26H24N4S3. The number of thioether (sulfide) groups is 1. The van der Waals surface area contributed by atoms with Crippen molar-refractivity contribution in [2.75, 3.05) is 0 Å². The quantitative estimate of drug-likeness (QED) is 0.220. The molecule has 0 aliphatic heterocycles. The van der Waals surface area contributed by atoms with E-state index in [4.69, 9.17) is 4.98 Å². The Balaban J connectivity index is 1.40. The number of nitrogens with zero attached hydrogens (tertiary/aromatic N) is 4. The molecule has 5 rings (SSSR count). The molecule has 0 aliphatic rings. The number of hydrogen-bond acceptors (Lipinski definition) is 6. The summed E-state index contributed by atoms with van der Waals surface area (Å²) in [5, 5.41) is 15.5. The van der Waals surface area contributed by atoms with E-state index in [-0.39, 0.29) is 0 Å². The fourth-order valence-corrected chi connectivity index (χ4v) is 6.68. The zero-order valence-corrected chi connectivity index (χ0v) is 21.2. The molecule has 0 amide bonds. The van der Waals surface area contributed by atoms with E-state index in [1.807, 2.05) is 0 Å². The highest BCUT2D eigenvalue weighted by atomic mass is 32.2. The molecule has 0 aliphatic carbocycles. The Bertz CT molecular complexity index is 1380. The molecule has 0 atom stereocenters. The van der Waals surface area contributed by atoms with Gasteiger partial charge in [0.15, 0.2) is 11.0 Å². The molecule has 0 unspecified atom stereocenters. The van der Waals surface area contributed by atoms with Gasteiger partial charge in [0, 0.05) is 44.6 Å². The van der Waals surface area contributed by atoms with E-state index in [0.29, 0.717) is 0 Å². The first kappa shape index (κ1) is 22.1. The molecule has 0 spiro atoms. The molecule has 5 aromatic rings. The number of hydrogen-bond donors (Lipinski definition) is 0. The summed E-state index contributed by atoms with van der Waals surface area (Å²) in [5.74, 6) is 1.71. The van der Waals surface area contributed by atoms with Crippen LogP contribution in [0.2, 0.25) is 0 Å². The maximum Gasteiger partial charge on any atom is 0.191 e. The second-order valence-electron chi connectivity index (χ2n) is 7.74. The van der Waals surface area contributed by atoms with E-state index >= 15 is 0 Å². The summed E-state index contributed by atoms with van der Waals surface area (Å²) < 4.78 is 2.22. The van der Waals surface area contributed by atoms with Gasteiger partial charge >= 0.3 is 0 Å². The van der Waals surface area contributed by atoms with Crippen LogP contribution in [0.1, 0.15) is 23.1 Å². The van der Waals surface area contributed by atoms with Crippen molar-refractivity contribution in [2.45, 2.75) is 38.2 Å². The molecule has 166 valence electrons. The highest BCUT2D eigenvalue weighted by Gasteiger charge is 2.20. The Labute approximate surface area is 206 Å². The summed E-state index contributed by atoms with van der Waals surface area (Å²) in [6, 6.07) is 18.9. The van der Waals surface area contributed by atoms with Gasteiger partial charge in [-0.15, -0.1) is 32.9 Å². The Morgan fingerprint density at radius 1 is 0.879 bits per heavy atom. The van der Waals surface area contributed by atoms with E-state index in [2.05, 4.69) is 101 Å². The van der Waals surface area contributed by atoms with Crippen LogP contribution in [0.3, 0.4) is 0 Å². The topological polar surface area (TPSA) is 43.6 Å². The van der Waals surface area contributed by atoms with Crippen LogP contribution in [0, 0.1) is 13.8 Å². The molecular weight excluding hydrogens is 465 g/mol. The second kappa shape index (κ2) is 9.63. The van der Waals surface area contributed by atoms with Crippen LogP contribution >= 0.6 is 34.4 Å². The zero-order valence-electron chi connectivity index (χ0n) is 18.8. The van der Waals surface area contributed by atoms with Crippen molar-refractivity contribution >= 4 is 34.4 Å². The van der Waals surface area contributed by atoms with Gasteiger partial charge in [-0.2, -0.15) is 0 Å². The smallest absolute Gasteiger partial charge is 0.191 e. The normalized spacial score (nSPS) is 11.2. The molecule has 0 fully saturated rings. The van der Waals surface area contributed by atoms with Crippen molar-refractivity contribution < 1.29 is 0 Å². The van der Waals surface area contributed by atoms with Crippen LogP contribution in [0.4, 0.5) is 0 Å². The van der Waals surface area contributed by atoms with Gasteiger partial charge < -0.3 is 4.57 Å². The lowest BCUT2D eigenvalue weighted by Gasteiger charge is -2.09. The minimum Gasteiger partial charge on any atom is -0.302 e. The molecule has 4 nitrogen and oxygen atoms in total. The largest absolute Gasteiger partial charge is 0.302 e. The monoisotopic (exact) mass is 488 g/mol. The first-order valence-electron chi connectivity index (χ1n) is 10.9. The number of thiazole rings is 1. The first-order chi connectivity index (χ1) is 16.2. The number of aryl methyl sites for hydroxylation is 2. The zero-order chi connectivity index (χ0) is 22.8. The summed E-state index contributed by atoms with van der Waals surface area (Å²) in [6.07, 6.45) is 0. The van der Waals surface area contributed by atoms with Gasteiger partial charge in [0.25, 0.3) is 0 Å². The Morgan fingerprint density at radius 3 is 2.45 bits per heavy atom. The lowest BCUT2D eigenvalue weighted by molar-refractivity contribution is 0.687. The molecule has 0 saturated heterocycles. The third-order valence-corrected chi connectivity index (χ3v) is 8.42. The molecule has 0 bridgehead atoms. The summed E-state index contributed by atoms with van der Waals surface area (Å²) in [5.41, 5.74) is 7.16. The van der Waals surface area contributed by atoms with Crippen LogP contribution < -0.4 is 0 Å². The highest BCUT2D eigenvalue weighted by molar-refractivity contribution is 7.98. The highest BCUT2D eigenvalue weighted by Crippen LogP contribution is 2.39. The van der Waals surface area contributed by atoms with Gasteiger partial charge in [0.2, 0.25) is 0 Å². The lowest BCUT2D eigenvalue weighted by atomic mass is 10.0. The Hall–Kier alpha value is -2.74. The maximum absolute atomic E-state index is 4.88. The third kappa shape index (κ3) is 4.40. The van der Waals surface area contributed by atoms with Gasteiger partial charge in [-0.3, -0.25) is 0 Å².